The first kappa shape index (κ1) is 12.1. The van der Waals surface area contributed by atoms with Crippen LogP contribution in [0.25, 0.3) is 11.0 Å². The summed E-state index contributed by atoms with van der Waals surface area (Å²) in [7, 11) is 0. The standard InChI is InChI=1S/C13H16N4O2/c1-2-13(19)5-6-17(8-13)12(18)9-3-4-10-11(7-9)15-16-14-10/h3-4,7,19H,2,5-6,8H2,1H3,(H,14,15,16). The van der Waals surface area contributed by atoms with Gasteiger partial charge in [-0.05, 0) is 31.0 Å². The first-order valence-corrected chi connectivity index (χ1v) is 6.43. The van der Waals surface area contributed by atoms with Gasteiger partial charge in [-0.2, -0.15) is 15.4 Å². The van der Waals surface area contributed by atoms with Crippen molar-refractivity contribution in [3.8, 4) is 0 Å². The van der Waals surface area contributed by atoms with E-state index in [1.54, 1.807) is 23.1 Å². The van der Waals surface area contributed by atoms with Gasteiger partial charge in [-0.25, -0.2) is 0 Å². The van der Waals surface area contributed by atoms with Gasteiger partial charge in [0.05, 0.1) is 5.60 Å². The molecule has 1 aliphatic rings. The molecular formula is C13H16N4O2. The minimum absolute atomic E-state index is 0.0609. The van der Waals surface area contributed by atoms with Gasteiger partial charge in [-0.3, -0.25) is 4.79 Å². The van der Waals surface area contributed by atoms with Gasteiger partial charge < -0.3 is 10.0 Å². The highest BCUT2D eigenvalue weighted by Crippen LogP contribution is 2.26. The number of carbonyl (C=O) groups excluding carboxylic acids is 1. The van der Waals surface area contributed by atoms with E-state index in [9.17, 15) is 9.90 Å². The third kappa shape index (κ3) is 2.08. The molecule has 0 radical (unpaired) electrons. The Hall–Kier alpha value is -1.95. The molecule has 1 aromatic heterocycles. The zero-order valence-electron chi connectivity index (χ0n) is 10.8. The molecule has 1 fully saturated rings. The average molecular weight is 260 g/mol. The molecule has 6 nitrogen and oxygen atoms in total. The number of benzene rings is 1. The molecule has 2 N–H and O–H groups in total. The minimum Gasteiger partial charge on any atom is -0.388 e. The van der Waals surface area contributed by atoms with Crippen LogP contribution in [0.15, 0.2) is 18.2 Å². The second-order valence-corrected chi connectivity index (χ2v) is 5.08. The number of nitrogens with one attached hydrogen (secondary N) is 1. The normalized spacial score (nSPS) is 23.2. The van der Waals surface area contributed by atoms with E-state index in [1.807, 2.05) is 6.92 Å². The van der Waals surface area contributed by atoms with Crippen LogP contribution in [0.4, 0.5) is 0 Å². The molecule has 2 heterocycles. The Morgan fingerprint density at radius 1 is 1.47 bits per heavy atom. The van der Waals surface area contributed by atoms with Crippen molar-refractivity contribution < 1.29 is 9.90 Å². The highest BCUT2D eigenvalue weighted by atomic mass is 16.3. The Bertz CT molecular complexity index is 624. The quantitative estimate of drug-likeness (QED) is 0.842. The van der Waals surface area contributed by atoms with E-state index in [1.165, 1.54) is 0 Å². The maximum atomic E-state index is 12.4. The SMILES string of the molecule is CCC1(O)CCN(C(=O)c2ccc3n[nH]nc3c2)C1. The van der Waals surface area contributed by atoms with Crippen LogP contribution in [0.1, 0.15) is 30.1 Å². The number of carbonyl (C=O) groups is 1. The second kappa shape index (κ2) is 4.31. The van der Waals surface area contributed by atoms with Crippen molar-refractivity contribution in [3.05, 3.63) is 23.8 Å². The molecule has 1 aliphatic heterocycles. The lowest BCUT2D eigenvalue weighted by atomic mass is 10.0. The zero-order valence-corrected chi connectivity index (χ0v) is 10.8. The maximum absolute atomic E-state index is 12.4. The number of rotatable bonds is 2. The van der Waals surface area contributed by atoms with Gasteiger partial charge in [-0.1, -0.05) is 6.92 Å². The fraction of sp³-hybridized carbons (Fsp3) is 0.462. The molecule has 1 amide bonds. The molecule has 0 bridgehead atoms. The smallest absolute Gasteiger partial charge is 0.254 e. The number of H-pyrrole nitrogens is 1. The van der Waals surface area contributed by atoms with Crippen molar-refractivity contribution in [2.45, 2.75) is 25.4 Å². The molecule has 0 spiro atoms. The molecule has 1 aromatic carbocycles. The Morgan fingerprint density at radius 2 is 2.26 bits per heavy atom. The highest BCUT2D eigenvalue weighted by molar-refractivity contribution is 5.97. The molecule has 6 heteroatoms. The lowest BCUT2D eigenvalue weighted by Crippen LogP contribution is -2.35. The first-order chi connectivity index (χ1) is 9.11. The summed E-state index contributed by atoms with van der Waals surface area (Å²) in [5.41, 5.74) is 1.27. The summed E-state index contributed by atoms with van der Waals surface area (Å²) in [5.74, 6) is -0.0609. The van der Waals surface area contributed by atoms with Gasteiger partial charge in [0.15, 0.2) is 0 Å². The van der Waals surface area contributed by atoms with E-state index in [0.717, 1.165) is 5.52 Å². The van der Waals surface area contributed by atoms with Crippen molar-refractivity contribution >= 4 is 16.9 Å². The fourth-order valence-electron chi connectivity index (χ4n) is 2.47. The minimum atomic E-state index is -0.729. The molecule has 100 valence electrons. The number of likely N-dealkylation sites (tertiary alicyclic amines) is 1. The molecule has 1 atom stereocenters. The van der Waals surface area contributed by atoms with E-state index >= 15 is 0 Å². The number of β-amino-alcohol motifs (C(OH)–C–C–N with tert-alkyl or cyclic N) is 1. The number of fused-ring (bicyclic) bond motifs is 1. The molecule has 3 rings (SSSR count). The van der Waals surface area contributed by atoms with Gasteiger partial charge in [0, 0.05) is 18.7 Å². The molecule has 2 aromatic rings. The van der Waals surface area contributed by atoms with Crippen LogP contribution in [0, 0.1) is 0 Å². The van der Waals surface area contributed by atoms with Crippen molar-refractivity contribution in [2.75, 3.05) is 13.1 Å². The lowest BCUT2D eigenvalue weighted by Gasteiger charge is -2.21. The van der Waals surface area contributed by atoms with Gasteiger partial charge in [0.1, 0.15) is 11.0 Å². The van der Waals surface area contributed by atoms with Crippen LogP contribution >= 0.6 is 0 Å². The van der Waals surface area contributed by atoms with Gasteiger partial charge in [-0.15, -0.1) is 0 Å². The van der Waals surface area contributed by atoms with Crippen LogP contribution in [0.5, 0.6) is 0 Å². The number of aliphatic hydroxyl groups is 1. The summed E-state index contributed by atoms with van der Waals surface area (Å²) < 4.78 is 0. The predicted molar refractivity (Wildman–Crippen MR) is 69.7 cm³/mol. The third-order valence-corrected chi connectivity index (χ3v) is 3.84. The summed E-state index contributed by atoms with van der Waals surface area (Å²) in [5, 5.41) is 20.6. The Morgan fingerprint density at radius 3 is 3.00 bits per heavy atom. The predicted octanol–water partition coefficient (Wildman–Crippen LogP) is 0.945. The largest absolute Gasteiger partial charge is 0.388 e. The maximum Gasteiger partial charge on any atom is 0.254 e. The highest BCUT2D eigenvalue weighted by Gasteiger charge is 2.36. The van der Waals surface area contributed by atoms with E-state index < -0.39 is 5.60 Å². The summed E-state index contributed by atoms with van der Waals surface area (Å²) in [6.45, 7) is 2.94. The molecule has 0 aliphatic carbocycles. The Balaban J connectivity index is 1.84. The van der Waals surface area contributed by atoms with E-state index in [0.29, 0.717) is 37.0 Å². The number of amides is 1. The van der Waals surface area contributed by atoms with E-state index in [4.69, 9.17) is 0 Å². The van der Waals surface area contributed by atoms with Crippen molar-refractivity contribution in [1.29, 1.82) is 0 Å². The monoisotopic (exact) mass is 260 g/mol. The average Bonchev–Trinajstić information content (AvgIpc) is 3.04. The van der Waals surface area contributed by atoms with Crippen LogP contribution in [-0.2, 0) is 0 Å². The van der Waals surface area contributed by atoms with Crippen LogP contribution in [0.2, 0.25) is 0 Å². The molecule has 1 saturated heterocycles. The number of aromatic amines is 1. The summed E-state index contributed by atoms with van der Waals surface area (Å²) in [6, 6.07) is 5.25. The van der Waals surface area contributed by atoms with Crippen molar-refractivity contribution in [2.24, 2.45) is 0 Å². The fourth-order valence-corrected chi connectivity index (χ4v) is 2.47. The lowest BCUT2D eigenvalue weighted by molar-refractivity contribution is 0.0413. The number of aromatic nitrogens is 3. The van der Waals surface area contributed by atoms with Crippen LogP contribution in [0.3, 0.4) is 0 Å². The van der Waals surface area contributed by atoms with Crippen molar-refractivity contribution in [3.63, 3.8) is 0 Å². The molecule has 1 unspecified atom stereocenters. The van der Waals surface area contributed by atoms with Gasteiger partial charge in [0.2, 0.25) is 0 Å². The summed E-state index contributed by atoms with van der Waals surface area (Å²) in [6.07, 6.45) is 1.31. The van der Waals surface area contributed by atoms with Crippen LogP contribution in [-0.4, -0.2) is 50.0 Å². The first-order valence-electron chi connectivity index (χ1n) is 6.43. The zero-order chi connectivity index (χ0) is 13.5. The molecular weight excluding hydrogens is 244 g/mol. The van der Waals surface area contributed by atoms with Crippen molar-refractivity contribution in [1.82, 2.24) is 20.3 Å². The molecule has 0 saturated carbocycles. The summed E-state index contributed by atoms with van der Waals surface area (Å²) >= 11 is 0. The number of hydrogen-bond donors (Lipinski definition) is 2. The molecule has 19 heavy (non-hydrogen) atoms. The second-order valence-electron chi connectivity index (χ2n) is 5.08. The number of nitrogens with zero attached hydrogens (tertiary/aromatic N) is 3. The Labute approximate surface area is 110 Å². The van der Waals surface area contributed by atoms with E-state index in [2.05, 4.69) is 15.4 Å². The van der Waals surface area contributed by atoms with Gasteiger partial charge in [0.25, 0.3) is 5.91 Å². The summed E-state index contributed by atoms with van der Waals surface area (Å²) in [4.78, 5) is 14.1. The third-order valence-electron chi connectivity index (χ3n) is 3.84. The number of hydrogen-bond acceptors (Lipinski definition) is 4. The topological polar surface area (TPSA) is 82.1 Å². The van der Waals surface area contributed by atoms with Crippen LogP contribution < -0.4 is 0 Å². The van der Waals surface area contributed by atoms with E-state index in [-0.39, 0.29) is 5.91 Å². The Kier molecular flexibility index (Phi) is 2.74. The van der Waals surface area contributed by atoms with Gasteiger partial charge >= 0.3 is 0 Å².